The van der Waals surface area contributed by atoms with E-state index in [4.69, 9.17) is 13.6 Å². The molecule has 0 aromatic heterocycles. The zero-order valence-electron chi connectivity index (χ0n) is 6.43. The molecule has 0 heterocycles. The molecule has 52 valence electrons. The number of nitrogens with two attached hydrogens (primary N) is 1. The lowest BCUT2D eigenvalue weighted by Gasteiger charge is -2.28. The lowest BCUT2D eigenvalue weighted by atomic mass is 10.0. The molecule has 0 rings (SSSR count). The third-order valence-electron chi connectivity index (χ3n) is 1.47. The zero-order chi connectivity index (χ0) is 7.33. The molecule has 0 atom stereocenters. The fourth-order valence-electron chi connectivity index (χ4n) is 0.811. The van der Waals surface area contributed by atoms with Gasteiger partial charge in [-0.15, -0.1) is 0 Å². The molecule has 2 nitrogen and oxygen atoms in total. The molecule has 2 radical (unpaired) electrons. The van der Waals surface area contributed by atoms with Crippen molar-refractivity contribution >= 4 is 7.85 Å². The smallest absolute Gasteiger partial charge is 0.0906 e. The van der Waals surface area contributed by atoms with Gasteiger partial charge in [0.2, 0.25) is 0 Å². The Bertz CT molecular complexity index is 65.5. The van der Waals surface area contributed by atoms with Gasteiger partial charge in [-0.05, 0) is 6.32 Å². The number of hydrogen-bond acceptors (Lipinski definition) is 1. The van der Waals surface area contributed by atoms with Crippen LogP contribution in [0.25, 0.3) is 0 Å². The van der Waals surface area contributed by atoms with Crippen molar-refractivity contribution in [3.05, 3.63) is 0 Å². The van der Waals surface area contributed by atoms with Crippen molar-refractivity contribution in [2.24, 2.45) is 5.73 Å². The summed E-state index contributed by atoms with van der Waals surface area (Å²) in [6.45, 7) is 2.77. The molecule has 0 aliphatic heterocycles. The van der Waals surface area contributed by atoms with E-state index in [9.17, 15) is 0 Å². The van der Waals surface area contributed by atoms with Crippen LogP contribution in [0.5, 0.6) is 0 Å². The van der Waals surface area contributed by atoms with Crippen molar-refractivity contribution in [2.75, 3.05) is 33.7 Å². The number of likely N-dealkylation sites (N-methyl/N-ethyl adjacent to an activating group) is 1. The average Bonchev–Trinajstić information content (AvgIpc) is 1.64. The van der Waals surface area contributed by atoms with E-state index in [2.05, 4.69) is 14.1 Å². The Morgan fingerprint density at radius 1 is 1.33 bits per heavy atom. The van der Waals surface area contributed by atoms with Crippen molar-refractivity contribution in [3.8, 4) is 0 Å². The van der Waals surface area contributed by atoms with E-state index in [-0.39, 0.29) is 0 Å². The van der Waals surface area contributed by atoms with Crippen LogP contribution in [0.3, 0.4) is 0 Å². The van der Waals surface area contributed by atoms with E-state index < -0.39 is 0 Å². The molecule has 2 N–H and O–H groups in total. The van der Waals surface area contributed by atoms with Crippen LogP contribution in [-0.4, -0.2) is 46.1 Å². The molecule has 0 spiro atoms. The Labute approximate surface area is 59.0 Å². The molecule has 0 saturated heterocycles. The van der Waals surface area contributed by atoms with E-state index >= 15 is 0 Å². The van der Waals surface area contributed by atoms with E-state index in [1.165, 1.54) is 0 Å². The third kappa shape index (κ3) is 4.49. The van der Waals surface area contributed by atoms with Crippen LogP contribution in [0.15, 0.2) is 0 Å². The molecule has 0 aromatic rings. The number of nitrogens with zero attached hydrogens (tertiary/aromatic N) is 1. The molecule has 0 aliphatic carbocycles. The van der Waals surface area contributed by atoms with E-state index in [1.807, 2.05) is 0 Å². The van der Waals surface area contributed by atoms with Gasteiger partial charge in [0, 0.05) is 6.54 Å². The van der Waals surface area contributed by atoms with Gasteiger partial charge in [-0.3, -0.25) is 0 Å². The summed E-state index contributed by atoms with van der Waals surface area (Å²) in [5.74, 6) is 0. The molecule has 0 saturated carbocycles. The summed E-state index contributed by atoms with van der Waals surface area (Å²) in [6.07, 6.45) is 0.743. The van der Waals surface area contributed by atoms with Gasteiger partial charge in [-0.1, -0.05) is 0 Å². The zero-order valence-corrected chi connectivity index (χ0v) is 6.43. The average molecular weight is 127 g/mol. The monoisotopic (exact) mass is 127 g/mol. The fourth-order valence-corrected chi connectivity index (χ4v) is 0.811. The second-order valence-electron chi connectivity index (χ2n) is 2.96. The Hall–Kier alpha value is -0.0151. The van der Waals surface area contributed by atoms with Gasteiger partial charge in [0.15, 0.2) is 0 Å². The normalized spacial score (nSPS) is 11.9. The summed E-state index contributed by atoms with van der Waals surface area (Å²) in [5.41, 5.74) is 5.39. The van der Waals surface area contributed by atoms with Crippen LogP contribution in [0.2, 0.25) is 6.32 Å². The molecule has 0 aliphatic rings. The SMILES string of the molecule is [B]CC[N+](C)(C)CCN. The van der Waals surface area contributed by atoms with E-state index in [0.29, 0.717) is 0 Å². The first kappa shape index (κ1) is 8.98. The summed E-state index contributed by atoms with van der Waals surface area (Å²) in [4.78, 5) is 0. The maximum absolute atomic E-state index is 5.39. The fraction of sp³-hybridized carbons (Fsp3) is 1.00. The van der Waals surface area contributed by atoms with Crippen LogP contribution in [0, 0.1) is 0 Å². The number of rotatable bonds is 4. The van der Waals surface area contributed by atoms with Crippen LogP contribution in [-0.2, 0) is 0 Å². The molecule has 3 heteroatoms. The Morgan fingerprint density at radius 2 is 1.89 bits per heavy atom. The quantitative estimate of drug-likeness (QED) is 0.404. The summed E-state index contributed by atoms with van der Waals surface area (Å²) in [7, 11) is 9.67. The predicted octanol–water partition coefficient (Wildman–Crippen LogP) is -0.392. The van der Waals surface area contributed by atoms with Crippen LogP contribution in [0.1, 0.15) is 0 Å². The number of hydrogen-bond donors (Lipinski definition) is 1. The minimum Gasteiger partial charge on any atom is -0.328 e. The van der Waals surface area contributed by atoms with E-state index in [1.54, 1.807) is 0 Å². The largest absolute Gasteiger partial charge is 0.328 e. The standard InChI is InChI=1S/C6H16BN2/c1-9(2,5-3-7)6-4-8/h3-6,8H2,1-2H3/q+1. The topological polar surface area (TPSA) is 26.0 Å². The maximum Gasteiger partial charge on any atom is 0.0906 e. The highest BCUT2D eigenvalue weighted by Crippen LogP contribution is 1.95. The lowest BCUT2D eigenvalue weighted by Crippen LogP contribution is -2.43. The second-order valence-corrected chi connectivity index (χ2v) is 2.96. The minimum absolute atomic E-state index is 0.743. The Kier molecular flexibility index (Phi) is 3.90. The molecule has 0 aromatic carbocycles. The highest BCUT2D eigenvalue weighted by molar-refractivity contribution is 6.08. The molecular formula is C6H16BN2+. The predicted molar refractivity (Wildman–Crippen MR) is 41.5 cm³/mol. The highest BCUT2D eigenvalue weighted by atomic mass is 15.3. The van der Waals surface area contributed by atoms with Gasteiger partial charge in [-0.25, -0.2) is 0 Å². The summed E-state index contributed by atoms with van der Waals surface area (Å²) in [6, 6.07) is 0. The molecular weight excluding hydrogens is 111 g/mol. The van der Waals surface area contributed by atoms with Crippen molar-refractivity contribution in [1.29, 1.82) is 0 Å². The first-order valence-electron chi connectivity index (χ1n) is 3.34. The van der Waals surface area contributed by atoms with Crippen molar-refractivity contribution < 1.29 is 4.48 Å². The van der Waals surface area contributed by atoms with Gasteiger partial charge in [0.25, 0.3) is 0 Å². The summed E-state index contributed by atoms with van der Waals surface area (Å²) in [5, 5.41) is 0. The Balaban J connectivity index is 3.43. The van der Waals surface area contributed by atoms with Gasteiger partial charge in [-0.2, -0.15) is 0 Å². The second kappa shape index (κ2) is 3.91. The molecule has 0 bridgehead atoms. The van der Waals surface area contributed by atoms with Gasteiger partial charge in [0.05, 0.1) is 35.0 Å². The van der Waals surface area contributed by atoms with Crippen LogP contribution >= 0.6 is 0 Å². The molecule has 9 heavy (non-hydrogen) atoms. The van der Waals surface area contributed by atoms with Gasteiger partial charge >= 0.3 is 0 Å². The molecule has 0 unspecified atom stereocenters. The van der Waals surface area contributed by atoms with Gasteiger partial charge < -0.3 is 10.2 Å². The van der Waals surface area contributed by atoms with Crippen molar-refractivity contribution in [1.82, 2.24) is 0 Å². The third-order valence-corrected chi connectivity index (χ3v) is 1.47. The van der Waals surface area contributed by atoms with Crippen LogP contribution < -0.4 is 5.73 Å². The Morgan fingerprint density at radius 3 is 2.22 bits per heavy atom. The summed E-state index contributed by atoms with van der Waals surface area (Å²) >= 11 is 0. The first-order chi connectivity index (χ1) is 4.12. The minimum atomic E-state index is 0.743. The highest BCUT2D eigenvalue weighted by Gasteiger charge is 2.09. The molecule has 0 fully saturated rings. The first-order valence-corrected chi connectivity index (χ1v) is 3.34. The maximum atomic E-state index is 5.39. The lowest BCUT2D eigenvalue weighted by molar-refractivity contribution is -0.886. The van der Waals surface area contributed by atoms with Crippen LogP contribution in [0.4, 0.5) is 0 Å². The molecule has 0 amide bonds. The van der Waals surface area contributed by atoms with Crippen molar-refractivity contribution in [2.45, 2.75) is 6.32 Å². The van der Waals surface area contributed by atoms with Gasteiger partial charge in [0.1, 0.15) is 0 Å². The van der Waals surface area contributed by atoms with Crippen molar-refractivity contribution in [3.63, 3.8) is 0 Å². The number of quaternary nitrogens is 1. The van der Waals surface area contributed by atoms with E-state index in [0.717, 1.165) is 30.4 Å². The summed E-state index contributed by atoms with van der Waals surface area (Å²) < 4.78 is 0.938.